The van der Waals surface area contributed by atoms with Gasteiger partial charge in [-0.25, -0.2) is 18.6 Å². The quantitative estimate of drug-likeness (QED) is 0.898. The van der Waals surface area contributed by atoms with Crippen LogP contribution in [0.4, 0.5) is 14.5 Å². The van der Waals surface area contributed by atoms with Gasteiger partial charge < -0.3 is 15.6 Å². The number of pyridine rings is 1. The molecular formula is C14H11ClF2N2O3. The van der Waals surface area contributed by atoms with Gasteiger partial charge in [-0.05, 0) is 25.1 Å². The van der Waals surface area contributed by atoms with E-state index in [4.69, 9.17) is 27.2 Å². The Balaban J connectivity index is 2.67. The smallest absolute Gasteiger partial charge is 0.356 e. The van der Waals surface area contributed by atoms with Crippen molar-refractivity contribution in [3.63, 3.8) is 0 Å². The first-order valence-corrected chi connectivity index (χ1v) is 6.55. The number of anilines is 1. The molecule has 3 N–H and O–H groups in total. The molecule has 0 spiro atoms. The van der Waals surface area contributed by atoms with E-state index in [2.05, 4.69) is 4.98 Å². The van der Waals surface area contributed by atoms with Crippen molar-refractivity contribution < 1.29 is 23.4 Å². The molecule has 1 heterocycles. The second-order valence-corrected chi connectivity index (χ2v) is 4.61. The SMILES string of the molecule is CCOc1c(F)ccc(-c2cc(N)c(Cl)c(C(=O)O)n2)c1F. The predicted octanol–water partition coefficient (Wildman–Crippen LogP) is 3.36. The first-order chi connectivity index (χ1) is 10.4. The lowest BCUT2D eigenvalue weighted by Crippen LogP contribution is -2.06. The fourth-order valence-corrected chi connectivity index (χ4v) is 2.01. The van der Waals surface area contributed by atoms with Gasteiger partial charge in [-0.1, -0.05) is 11.6 Å². The summed E-state index contributed by atoms with van der Waals surface area (Å²) in [5.74, 6) is -3.84. The molecule has 0 saturated heterocycles. The molecule has 0 bridgehead atoms. The van der Waals surface area contributed by atoms with Crippen LogP contribution in [-0.4, -0.2) is 22.7 Å². The van der Waals surface area contributed by atoms with Crippen LogP contribution in [0.15, 0.2) is 18.2 Å². The summed E-state index contributed by atoms with van der Waals surface area (Å²) < 4.78 is 32.8. The van der Waals surface area contributed by atoms with E-state index in [-0.39, 0.29) is 28.6 Å². The van der Waals surface area contributed by atoms with Crippen LogP contribution < -0.4 is 10.5 Å². The minimum atomic E-state index is -1.41. The number of ether oxygens (including phenoxy) is 1. The van der Waals surface area contributed by atoms with Crippen molar-refractivity contribution in [3.8, 4) is 17.0 Å². The lowest BCUT2D eigenvalue weighted by atomic mass is 10.1. The molecule has 116 valence electrons. The van der Waals surface area contributed by atoms with E-state index < -0.39 is 29.0 Å². The standard InChI is InChI=1S/C14H11ClF2N2O3/c1-2-22-13-7(16)4-3-6(11(13)17)9-5-8(18)10(15)12(19-9)14(20)21/h3-5H,2H2,1H3,(H2,18,19)(H,20,21). The molecule has 2 rings (SSSR count). The van der Waals surface area contributed by atoms with Gasteiger partial charge in [0, 0.05) is 5.56 Å². The van der Waals surface area contributed by atoms with Crippen LogP contribution in [0.5, 0.6) is 5.75 Å². The average molecular weight is 329 g/mol. The van der Waals surface area contributed by atoms with Gasteiger partial charge in [0.25, 0.3) is 0 Å². The summed E-state index contributed by atoms with van der Waals surface area (Å²) in [6.07, 6.45) is 0. The Morgan fingerprint density at radius 1 is 1.45 bits per heavy atom. The van der Waals surface area contributed by atoms with Gasteiger partial charge in [-0.2, -0.15) is 0 Å². The highest BCUT2D eigenvalue weighted by atomic mass is 35.5. The summed E-state index contributed by atoms with van der Waals surface area (Å²) in [6.45, 7) is 1.64. The number of hydrogen-bond donors (Lipinski definition) is 2. The molecular weight excluding hydrogens is 318 g/mol. The van der Waals surface area contributed by atoms with Crippen LogP contribution in [0, 0.1) is 11.6 Å². The van der Waals surface area contributed by atoms with Crippen LogP contribution in [-0.2, 0) is 0 Å². The van der Waals surface area contributed by atoms with Crippen LogP contribution in [0.1, 0.15) is 17.4 Å². The number of aromatic carboxylic acids is 1. The van der Waals surface area contributed by atoms with Gasteiger partial charge in [0.2, 0.25) is 0 Å². The monoisotopic (exact) mass is 328 g/mol. The molecule has 5 nitrogen and oxygen atoms in total. The summed E-state index contributed by atoms with van der Waals surface area (Å²) in [4.78, 5) is 14.9. The van der Waals surface area contributed by atoms with E-state index in [9.17, 15) is 13.6 Å². The number of carboxylic acids is 1. The average Bonchev–Trinajstić information content (AvgIpc) is 2.46. The van der Waals surface area contributed by atoms with Gasteiger partial charge in [-0.15, -0.1) is 0 Å². The topological polar surface area (TPSA) is 85.4 Å². The van der Waals surface area contributed by atoms with Crippen molar-refractivity contribution in [2.45, 2.75) is 6.92 Å². The number of carbonyl (C=O) groups is 1. The van der Waals surface area contributed by atoms with Crippen LogP contribution >= 0.6 is 11.6 Å². The van der Waals surface area contributed by atoms with E-state index in [1.54, 1.807) is 6.92 Å². The number of nitrogens with two attached hydrogens (primary N) is 1. The normalized spacial score (nSPS) is 10.5. The van der Waals surface area contributed by atoms with Crippen molar-refractivity contribution in [1.29, 1.82) is 0 Å². The van der Waals surface area contributed by atoms with Gasteiger partial charge >= 0.3 is 5.97 Å². The first-order valence-electron chi connectivity index (χ1n) is 6.17. The van der Waals surface area contributed by atoms with Crippen molar-refractivity contribution in [3.05, 3.63) is 40.6 Å². The van der Waals surface area contributed by atoms with E-state index in [1.165, 1.54) is 6.07 Å². The molecule has 0 radical (unpaired) electrons. The molecule has 1 aromatic heterocycles. The Kier molecular flexibility index (Phi) is 4.46. The zero-order chi connectivity index (χ0) is 16.4. The maximum Gasteiger partial charge on any atom is 0.356 e. The molecule has 0 aliphatic rings. The Labute approximate surface area is 129 Å². The van der Waals surface area contributed by atoms with E-state index in [0.29, 0.717) is 0 Å². The molecule has 0 saturated carbocycles. The predicted molar refractivity (Wildman–Crippen MR) is 77.1 cm³/mol. The number of nitrogen functional groups attached to an aromatic ring is 1. The Hall–Kier alpha value is -2.41. The second-order valence-electron chi connectivity index (χ2n) is 4.24. The highest BCUT2D eigenvalue weighted by Gasteiger charge is 2.21. The van der Waals surface area contributed by atoms with E-state index in [0.717, 1.165) is 12.1 Å². The summed E-state index contributed by atoms with van der Waals surface area (Å²) in [6, 6.07) is 3.33. The Morgan fingerprint density at radius 2 is 2.14 bits per heavy atom. The number of aromatic nitrogens is 1. The van der Waals surface area contributed by atoms with Crippen molar-refractivity contribution in [2.75, 3.05) is 12.3 Å². The number of hydrogen-bond acceptors (Lipinski definition) is 4. The second kappa shape index (κ2) is 6.15. The fraction of sp³-hybridized carbons (Fsp3) is 0.143. The molecule has 0 unspecified atom stereocenters. The van der Waals surface area contributed by atoms with Gasteiger partial charge in [0.15, 0.2) is 23.1 Å². The molecule has 0 fully saturated rings. The summed E-state index contributed by atoms with van der Waals surface area (Å²) >= 11 is 5.75. The third-order valence-electron chi connectivity index (χ3n) is 2.80. The van der Waals surface area contributed by atoms with Gasteiger partial charge in [-0.3, -0.25) is 0 Å². The van der Waals surface area contributed by atoms with Gasteiger partial charge in [0.1, 0.15) is 0 Å². The zero-order valence-corrected chi connectivity index (χ0v) is 12.1. The first kappa shape index (κ1) is 16.0. The van der Waals surface area contributed by atoms with Crippen LogP contribution in [0.3, 0.4) is 0 Å². The Morgan fingerprint density at radius 3 is 2.73 bits per heavy atom. The molecule has 0 atom stereocenters. The molecule has 0 amide bonds. The fourth-order valence-electron chi connectivity index (χ4n) is 1.84. The number of rotatable bonds is 4. The minimum absolute atomic E-state index is 0.0633. The maximum absolute atomic E-state index is 14.3. The number of halogens is 3. The number of carboxylic acid groups (broad SMARTS) is 1. The molecule has 8 heteroatoms. The third-order valence-corrected chi connectivity index (χ3v) is 3.20. The van der Waals surface area contributed by atoms with Crippen LogP contribution in [0.2, 0.25) is 5.02 Å². The largest absolute Gasteiger partial charge is 0.488 e. The lowest BCUT2D eigenvalue weighted by Gasteiger charge is -2.11. The van der Waals surface area contributed by atoms with Crippen molar-refractivity contribution in [2.24, 2.45) is 0 Å². The van der Waals surface area contributed by atoms with Gasteiger partial charge in [0.05, 0.1) is 23.0 Å². The lowest BCUT2D eigenvalue weighted by molar-refractivity contribution is 0.0691. The maximum atomic E-state index is 14.3. The summed E-state index contributed by atoms with van der Waals surface area (Å²) in [7, 11) is 0. The minimum Gasteiger partial charge on any atom is -0.488 e. The van der Waals surface area contributed by atoms with Crippen molar-refractivity contribution >= 4 is 23.3 Å². The summed E-state index contributed by atoms with van der Waals surface area (Å²) in [5, 5.41) is 8.79. The van der Waals surface area contributed by atoms with E-state index in [1.807, 2.05) is 0 Å². The zero-order valence-electron chi connectivity index (χ0n) is 11.4. The van der Waals surface area contributed by atoms with Crippen molar-refractivity contribution in [1.82, 2.24) is 4.98 Å². The summed E-state index contributed by atoms with van der Waals surface area (Å²) in [5.41, 5.74) is 4.79. The molecule has 1 aromatic carbocycles. The molecule has 0 aliphatic carbocycles. The Bertz CT molecular complexity index is 753. The number of benzene rings is 1. The highest BCUT2D eigenvalue weighted by molar-refractivity contribution is 6.35. The number of nitrogens with zero attached hydrogens (tertiary/aromatic N) is 1. The van der Waals surface area contributed by atoms with Crippen LogP contribution in [0.25, 0.3) is 11.3 Å². The van der Waals surface area contributed by atoms with E-state index >= 15 is 0 Å². The molecule has 0 aliphatic heterocycles. The highest BCUT2D eigenvalue weighted by Crippen LogP contribution is 2.33. The third kappa shape index (κ3) is 2.80. The molecule has 22 heavy (non-hydrogen) atoms. The molecule has 2 aromatic rings.